The van der Waals surface area contributed by atoms with Crippen LogP contribution in [0.15, 0.2) is 18.2 Å². The summed E-state index contributed by atoms with van der Waals surface area (Å²) in [6.07, 6.45) is 4.72. The Balaban J connectivity index is 1.71. The van der Waals surface area contributed by atoms with E-state index in [1.54, 1.807) is 0 Å². The van der Waals surface area contributed by atoms with Crippen LogP contribution >= 0.6 is 0 Å². The highest BCUT2D eigenvalue weighted by atomic mass is 16.5. The second-order valence-electron chi connectivity index (χ2n) is 5.84. The molecule has 1 heterocycles. The van der Waals surface area contributed by atoms with Crippen LogP contribution in [0.25, 0.3) is 0 Å². The molecule has 1 saturated heterocycles. The van der Waals surface area contributed by atoms with Crippen LogP contribution in [0.4, 0.5) is 5.69 Å². The van der Waals surface area contributed by atoms with Gasteiger partial charge in [-0.1, -0.05) is 0 Å². The van der Waals surface area contributed by atoms with Crippen molar-refractivity contribution in [3.05, 3.63) is 29.3 Å². The number of rotatable bonds is 3. The van der Waals surface area contributed by atoms with E-state index in [0.29, 0.717) is 11.6 Å². The van der Waals surface area contributed by atoms with Gasteiger partial charge in [-0.2, -0.15) is 0 Å². The molecule has 0 bridgehead atoms. The van der Waals surface area contributed by atoms with Crippen LogP contribution in [0.1, 0.15) is 41.6 Å². The van der Waals surface area contributed by atoms with E-state index in [9.17, 15) is 4.79 Å². The maximum absolute atomic E-state index is 11.3. The highest BCUT2D eigenvalue weighted by molar-refractivity contribution is 5.94. The van der Waals surface area contributed by atoms with Crippen LogP contribution in [0, 0.1) is 6.92 Å². The second kappa shape index (κ2) is 4.53. The van der Waals surface area contributed by atoms with E-state index in [1.165, 1.54) is 19.3 Å². The van der Waals surface area contributed by atoms with E-state index in [2.05, 4.69) is 5.32 Å². The Hall–Kier alpha value is -1.55. The predicted molar refractivity (Wildman–Crippen MR) is 74.3 cm³/mol. The number of primary amides is 1. The van der Waals surface area contributed by atoms with Crippen molar-refractivity contribution in [2.45, 2.75) is 44.2 Å². The zero-order valence-corrected chi connectivity index (χ0v) is 11.2. The van der Waals surface area contributed by atoms with Gasteiger partial charge in [-0.3, -0.25) is 4.79 Å². The van der Waals surface area contributed by atoms with Crippen LogP contribution in [-0.4, -0.2) is 24.2 Å². The fourth-order valence-electron chi connectivity index (χ4n) is 3.10. The third kappa shape index (κ3) is 2.45. The Kier molecular flexibility index (Phi) is 2.97. The first kappa shape index (κ1) is 12.5. The van der Waals surface area contributed by atoms with Gasteiger partial charge in [-0.15, -0.1) is 0 Å². The molecule has 0 aromatic heterocycles. The summed E-state index contributed by atoms with van der Waals surface area (Å²) in [6.45, 7) is 2.72. The summed E-state index contributed by atoms with van der Waals surface area (Å²) in [5, 5.41) is 3.47. The first-order valence-electron chi connectivity index (χ1n) is 6.88. The van der Waals surface area contributed by atoms with Crippen molar-refractivity contribution in [2.75, 3.05) is 11.9 Å². The van der Waals surface area contributed by atoms with Gasteiger partial charge in [-0.25, -0.2) is 0 Å². The summed E-state index contributed by atoms with van der Waals surface area (Å²) in [5.41, 5.74) is 8.04. The molecular formula is C15H20N2O2. The Bertz CT molecular complexity index is 509. The van der Waals surface area contributed by atoms with Crippen molar-refractivity contribution in [2.24, 2.45) is 5.73 Å². The fraction of sp³-hybridized carbons (Fsp3) is 0.533. The van der Waals surface area contributed by atoms with Gasteiger partial charge in [0.05, 0.1) is 18.2 Å². The Morgan fingerprint density at radius 2 is 2.21 bits per heavy atom. The largest absolute Gasteiger partial charge is 0.380 e. The van der Waals surface area contributed by atoms with E-state index in [-0.39, 0.29) is 11.5 Å². The summed E-state index contributed by atoms with van der Waals surface area (Å²) in [6, 6.07) is 6.01. The molecular weight excluding hydrogens is 240 g/mol. The summed E-state index contributed by atoms with van der Waals surface area (Å²) in [5.74, 6) is -0.384. The maximum Gasteiger partial charge on any atom is 0.248 e. The number of benzene rings is 1. The van der Waals surface area contributed by atoms with Gasteiger partial charge >= 0.3 is 0 Å². The Morgan fingerprint density at radius 1 is 1.42 bits per heavy atom. The van der Waals surface area contributed by atoms with Gasteiger partial charge in [0.2, 0.25) is 5.91 Å². The van der Waals surface area contributed by atoms with Gasteiger partial charge in [0.1, 0.15) is 0 Å². The molecule has 3 rings (SSSR count). The average Bonchev–Trinajstić information content (AvgIpc) is 2.72. The average molecular weight is 260 g/mol. The molecule has 4 heteroatoms. The van der Waals surface area contributed by atoms with Crippen molar-refractivity contribution in [3.8, 4) is 0 Å². The lowest BCUT2D eigenvalue weighted by atomic mass is 9.77. The van der Waals surface area contributed by atoms with Gasteiger partial charge < -0.3 is 15.8 Å². The monoisotopic (exact) mass is 260 g/mol. The minimum atomic E-state index is -0.384. The van der Waals surface area contributed by atoms with Crippen LogP contribution in [0.3, 0.4) is 0 Å². The lowest BCUT2D eigenvalue weighted by Crippen LogP contribution is -2.36. The normalized spacial score (nSPS) is 24.2. The summed E-state index contributed by atoms with van der Waals surface area (Å²) in [4.78, 5) is 11.3. The topological polar surface area (TPSA) is 64.3 Å². The Morgan fingerprint density at radius 3 is 2.79 bits per heavy atom. The minimum absolute atomic E-state index is 0.147. The Labute approximate surface area is 113 Å². The number of hydrogen-bond donors (Lipinski definition) is 2. The van der Waals surface area contributed by atoms with Crippen molar-refractivity contribution < 1.29 is 9.53 Å². The van der Waals surface area contributed by atoms with E-state index in [0.717, 1.165) is 24.3 Å². The molecule has 1 amide bonds. The predicted octanol–water partition coefficient (Wildman–Crippen LogP) is 2.22. The number of carbonyl (C=O) groups is 1. The molecule has 1 aromatic rings. The molecule has 2 aliphatic rings. The second-order valence-corrected chi connectivity index (χ2v) is 5.84. The third-order valence-electron chi connectivity index (χ3n) is 4.21. The molecule has 1 aliphatic heterocycles. The summed E-state index contributed by atoms with van der Waals surface area (Å²) >= 11 is 0. The van der Waals surface area contributed by atoms with Gasteiger partial charge in [0.25, 0.3) is 0 Å². The molecule has 3 N–H and O–H groups in total. The molecule has 0 radical (unpaired) electrons. The highest BCUT2D eigenvalue weighted by Crippen LogP contribution is 2.43. The fourth-order valence-corrected chi connectivity index (χ4v) is 3.10. The molecule has 1 spiro atoms. The maximum atomic E-state index is 11.3. The number of ether oxygens (including phenoxy) is 1. The van der Waals surface area contributed by atoms with E-state index < -0.39 is 0 Å². The molecule has 1 aliphatic carbocycles. The number of nitrogens with one attached hydrogen (secondary N) is 1. The molecule has 102 valence electrons. The SMILES string of the molecule is Cc1cc(NC2COC3(CCC3)C2)cc(C(N)=O)c1. The molecule has 2 fully saturated rings. The first-order valence-corrected chi connectivity index (χ1v) is 6.88. The van der Waals surface area contributed by atoms with E-state index in [4.69, 9.17) is 10.5 Å². The van der Waals surface area contributed by atoms with E-state index >= 15 is 0 Å². The summed E-state index contributed by atoms with van der Waals surface area (Å²) in [7, 11) is 0. The zero-order chi connectivity index (χ0) is 13.5. The number of anilines is 1. The number of nitrogens with two attached hydrogens (primary N) is 1. The molecule has 19 heavy (non-hydrogen) atoms. The molecule has 1 unspecified atom stereocenters. The third-order valence-corrected chi connectivity index (χ3v) is 4.21. The van der Waals surface area contributed by atoms with Crippen LogP contribution in [0.5, 0.6) is 0 Å². The smallest absolute Gasteiger partial charge is 0.248 e. The van der Waals surface area contributed by atoms with Crippen molar-refractivity contribution in [1.29, 1.82) is 0 Å². The minimum Gasteiger partial charge on any atom is -0.380 e. The summed E-state index contributed by atoms with van der Waals surface area (Å²) < 4.78 is 5.92. The molecule has 1 atom stereocenters. The van der Waals surface area contributed by atoms with Crippen molar-refractivity contribution in [3.63, 3.8) is 0 Å². The van der Waals surface area contributed by atoms with Gasteiger partial charge in [0, 0.05) is 11.3 Å². The van der Waals surface area contributed by atoms with Crippen LogP contribution in [0.2, 0.25) is 0 Å². The van der Waals surface area contributed by atoms with Crippen LogP contribution in [-0.2, 0) is 4.74 Å². The van der Waals surface area contributed by atoms with Gasteiger partial charge in [-0.05, 0) is 56.4 Å². The molecule has 4 nitrogen and oxygen atoms in total. The number of amides is 1. The highest BCUT2D eigenvalue weighted by Gasteiger charge is 2.44. The first-order chi connectivity index (χ1) is 9.06. The quantitative estimate of drug-likeness (QED) is 0.875. The van der Waals surface area contributed by atoms with Gasteiger partial charge in [0.15, 0.2) is 0 Å². The lowest BCUT2D eigenvalue weighted by molar-refractivity contribution is -0.0562. The number of aryl methyl sites for hydroxylation is 1. The zero-order valence-electron chi connectivity index (χ0n) is 11.2. The number of hydrogen-bond acceptors (Lipinski definition) is 3. The van der Waals surface area contributed by atoms with Crippen LogP contribution < -0.4 is 11.1 Å². The lowest BCUT2D eigenvalue weighted by Gasteiger charge is -2.37. The molecule has 1 aromatic carbocycles. The van der Waals surface area contributed by atoms with Crippen molar-refractivity contribution >= 4 is 11.6 Å². The number of carbonyl (C=O) groups excluding carboxylic acids is 1. The van der Waals surface area contributed by atoms with E-state index in [1.807, 2.05) is 25.1 Å². The standard InChI is InChI=1S/C15H20N2O2/c1-10-5-11(14(16)18)7-12(6-10)17-13-8-15(19-9-13)3-2-4-15/h5-7,13,17H,2-4,8-9H2,1H3,(H2,16,18). The van der Waals surface area contributed by atoms with Crippen molar-refractivity contribution in [1.82, 2.24) is 0 Å². The molecule has 1 saturated carbocycles.